The minimum atomic E-state index is 0.821. The van der Waals surface area contributed by atoms with E-state index in [1.54, 1.807) is 0 Å². The second-order valence-corrected chi connectivity index (χ2v) is 6.58. The summed E-state index contributed by atoms with van der Waals surface area (Å²) in [6.45, 7) is 2.36. The molecule has 3 heteroatoms. The van der Waals surface area contributed by atoms with Gasteiger partial charge in [-0.1, -0.05) is 36.6 Å². The Morgan fingerprint density at radius 1 is 1.17 bits per heavy atom. The maximum Gasteiger partial charge on any atom is 0.0406 e. The van der Waals surface area contributed by atoms with Crippen LogP contribution >= 0.6 is 23.4 Å². The summed E-state index contributed by atoms with van der Waals surface area (Å²) in [5, 5.41) is 4.40. The number of thioether (sulfide) groups is 1. The lowest BCUT2D eigenvalue weighted by molar-refractivity contribution is 0.500. The van der Waals surface area contributed by atoms with E-state index in [9.17, 15) is 0 Å². The van der Waals surface area contributed by atoms with Gasteiger partial charge in [-0.2, -0.15) is 11.8 Å². The maximum atomic E-state index is 5.86. The first-order valence-corrected chi connectivity index (χ1v) is 8.41. The molecule has 100 valence electrons. The highest BCUT2D eigenvalue weighted by atomic mass is 35.5. The Bertz CT molecular complexity index is 333. The first kappa shape index (κ1) is 14.2. The van der Waals surface area contributed by atoms with Crippen molar-refractivity contribution in [3.8, 4) is 0 Å². The molecule has 0 unspecified atom stereocenters. The highest BCUT2D eigenvalue weighted by Crippen LogP contribution is 2.23. The first-order valence-electron chi connectivity index (χ1n) is 6.87. The Hall–Kier alpha value is -0.180. The van der Waals surface area contributed by atoms with Gasteiger partial charge in [-0.15, -0.1) is 0 Å². The van der Waals surface area contributed by atoms with Crippen molar-refractivity contribution in [1.82, 2.24) is 5.32 Å². The fourth-order valence-corrected chi connectivity index (χ4v) is 3.42. The molecule has 0 saturated heterocycles. The second-order valence-electron chi connectivity index (χ2n) is 5.03. The third-order valence-corrected chi connectivity index (χ3v) is 4.80. The predicted octanol–water partition coefficient (Wildman–Crippen LogP) is 4.35. The summed E-state index contributed by atoms with van der Waals surface area (Å²) >= 11 is 7.85. The van der Waals surface area contributed by atoms with E-state index in [0.717, 1.165) is 23.2 Å². The summed E-state index contributed by atoms with van der Waals surface area (Å²) in [6, 6.07) is 8.16. The predicted molar refractivity (Wildman–Crippen MR) is 82.4 cm³/mol. The van der Waals surface area contributed by atoms with Crippen LogP contribution in [0, 0.1) is 5.92 Å². The molecule has 1 N–H and O–H groups in total. The van der Waals surface area contributed by atoms with Gasteiger partial charge in [0.25, 0.3) is 0 Å². The van der Waals surface area contributed by atoms with Crippen LogP contribution in [-0.2, 0) is 5.75 Å². The molecule has 18 heavy (non-hydrogen) atoms. The van der Waals surface area contributed by atoms with E-state index in [4.69, 9.17) is 11.6 Å². The molecule has 1 fully saturated rings. The molecule has 0 aliphatic heterocycles. The molecule has 1 nitrogen and oxygen atoms in total. The number of hydrogen-bond acceptors (Lipinski definition) is 2. The molecule has 1 aliphatic carbocycles. The zero-order valence-electron chi connectivity index (χ0n) is 10.8. The zero-order chi connectivity index (χ0) is 12.6. The molecule has 2 rings (SSSR count). The third kappa shape index (κ3) is 5.21. The van der Waals surface area contributed by atoms with Crippen molar-refractivity contribution in [2.45, 2.75) is 31.4 Å². The van der Waals surface area contributed by atoms with Gasteiger partial charge in [-0.3, -0.25) is 0 Å². The van der Waals surface area contributed by atoms with E-state index in [-0.39, 0.29) is 0 Å². The highest BCUT2D eigenvalue weighted by Gasteiger charge is 2.13. The van der Waals surface area contributed by atoms with Crippen molar-refractivity contribution in [2.75, 3.05) is 18.8 Å². The van der Waals surface area contributed by atoms with Crippen molar-refractivity contribution in [3.05, 3.63) is 34.9 Å². The molecular weight excluding hydrogens is 262 g/mol. The number of hydrogen-bond donors (Lipinski definition) is 1. The molecule has 0 aromatic heterocycles. The average molecular weight is 284 g/mol. The van der Waals surface area contributed by atoms with Crippen LogP contribution in [0.5, 0.6) is 0 Å². The highest BCUT2D eigenvalue weighted by molar-refractivity contribution is 7.98. The minimum absolute atomic E-state index is 0.821. The number of benzene rings is 1. The maximum absolute atomic E-state index is 5.86. The van der Waals surface area contributed by atoms with Crippen LogP contribution < -0.4 is 5.32 Å². The fourth-order valence-electron chi connectivity index (χ4n) is 2.44. The molecule has 0 spiro atoms. The Morgan fingerprint density at radius 2 is 1.89 bits per heavy atom. The second kappa shape index (κ2) is 8.08. The fraction of sp³-hybridized carbons (Fsp3) is 0.600. The largest absolute Gasteiger partial charge is 0.316 e. The standard InChI is InChI=1S/C15H22ClNS/c16-15-7-5-14(6-8-15)12-18-10-9-17-11-13-3-1-2-4-13/h5-8,13,17H,1-4,9-12H2. The Balaban J connectivity index is 1.49. The molecule has 0 amide bonds. The number of halogens is 1. The summed E-state index contributed by atoms with van der Waals surface area (Å²) in [5.74, 6) is 3.23. The van der Waals surface area contributed by atoms with E-state index in [1.807, 2.05) is 23.9 Å². The molecular formula is C15H22ClNS. The van der Waals surface area contributed by atoms with Gasteiger partial charge in [0.1, 0.15) is 0 Å². The van der Waals surface area contributed by atoms with Crippen LogP contribution in [0.2, 0.25) is 5.02 Å². The van der Waals surface area contributed by atoms with E-state index < -0.39 is 0 Å². The Kier molecular flexibility index (Phi) is 6.39. The van der Waals surface area contributed by atoms with Crippen molar-refractivity contribution >= 4 is 23.4 Å². The quantitative estimate of drug-likeness (QED) is 0.747. The van der Waals surface area contributed by atoms with Crippen LogP contribution in [0.1, 0.15) is 31.2 Å². The van der Waals surface area contributed by atoms with Gasteiger partial charge in [-0.25, -0.2) is 0 Å². The normalized spacial score (nSPS) is 16.3. The monoisotopic (exact) mass is 283 g/mol. The van der Waals surface area contributed by atoms with Crippen molar-refractivity contribution in [3.63, 3.8) is 0 Å². The van der Waals surface area contributed by atoms with Gasteiger partial charge in [0.15, 0.2) is 0 Å². The molecule has 0 heterocycles. The molecule has 0 atom stereocenters. The zero-order valence-corrected chi connectivity index (χ0v) is 12.4. The molecule has 0 bridgehead atoms. The molecule has 1 aromatic rings. The first-order chi connectivity index (χ1) is 8.84. The lowest BCUT2D eigenvalue weighted by Gasteiger charge is -2.10. The lowest BCUT2D eigenvalue weighted by atomic mass is 10.1. The van der Waals surface area contributed by atoms with Crippen LogP contribution in [0.25, 0.3) is 0 Å². The van der Waals surface area contributed by atoms with Gasteiger partial charge in [0.05, 0.1) is 0 Å². The summed E-state index contributed by atoms with van der Waals surface area (Å²) in [6.07, 6.45) is 5.76. The SMILES string of the molecule is Clc1ccc(CSCCNCC2CCCC2)cc1. The van der Waals surface area contributed by atoms with E-state index >= 15 is 0 Å². The topological polar surface area (TPSA) is 12.0 Å². The number of rotatable bonds is 7. The summed E-state index contributed by atoms with van der Waals surface area (Å²) in [4.78, 5) is 0. The van der Waals surface area contributed by atoms with Gasteiger partial charge >= 0.3 is 0 Å². The third-order valence-electron chi connectivity index (χ3n) is 3.51. The van der Waals surface area contributed by atoms with Gasteiger partial charge in [0.2, 0.25) is 0 Å². The lowest BCUT2D eigenvalue weighted by Crippen LogP contribution is -2.23. The summed E-state index contributed by atoms with van der Waals surface area (Å²) < 4.78 is 0. The van der Waals surface area contributed by atoms with E-state index in [2.05, 4.69) is 17.4 Å². The average Bonchev–Trinajstić information content (AvgIpc) is 2.89. The van der Waals surface area contributed by atoms with Crippen LogP contribution in [-0.4, -0.2) is 18.8 Å². The van der Waals surface area contributed by atoms with E-state index in [0.29, 0.717) is 0 Å². The Labute approximate surface area is 120 Å². The van der Waals surface area contributed by atoms with Crippen LogP contribution in [0.15, 0.2) is 24.3 Å². The van der Waals surface area contributed by atoms with Crippen molar-refractivity contribution in [2.24, 2.45) is 5.92 Å². The van der Waals surface area contributed by atoms with Crippen molar-refractivity contribution in [1.29, 1.82) is 0 Å². The molecule has 1 saturated carbocycles. The molecule has 0 radical (unpaired) electrons. The molecule has 1 aliphatic rings. The van der Waals surface area contributed by atoms with Crippen LogP contribution in [0.4, 0.5) is 0 Å². The van der Waals surface area contributed by atoms with Gasteiger partial charge in [-0.05, 0) is 43.0 Å². The van der Waals surface area contributed by atoms with Crippen LogP contribution in [0.3, 0.4) is 0 Å². The van der Waals surface area contributed by atoms with Gasteiger partial charge in [0, 0.05) is 23.1 Å². The smallest absolute Gasteiger partial charge is 0.0406 e. The summed E-state index contributed by atoms with van der Waals surface area (Å²) in [7, 11) is 0. The number of nitrogens with one attached hydrogen (secondary N) is 1. The summed E-state index contributed by atoms with van der Waals surface area (Å²) in [5.41, 5.74) is 1.36. The van der Waals surface area contributed by atoms with Crippen molar-refractivity contribution < 1.29 is 0 Å². The Morgan fingerprint density at radius 3 is 2.61 bits per heavy atom. The minimum Gasteiger partial charge on any atom is -0.316 e. The van der Waals surface area contributed by atoms with E-state index in [1.165, 1.54) is 43.5 Å². The molecule has 1 aromatic carbocycles. The van der Waals surface area contributed by atoms with Gasteiger partial charge < -0.3 is 5.32 Å².